The van der Waals surface area contributed by atoms with Gasteiger partial charge in [-0.1, -0.05) is 6.08 Å². The number of aliphatic hydroxyl groups excluding tert-OH is 1. The van der Waals surface area contributed by atoms with Crippen LogP contribution in [0.25, 0.3) is 0 Å². The first-order valence-electron chi connectivity index (χ1n) is 21.4. The minimum Gasteiger partial charge on any atom is -0.460 e. The fourth-order valence-corrected chi connectivity index (χ4v) is 4.11. The normalized spacial score (nSPS) is 11.9. The molecule has 0 aliphatic rings. The zero-order chi connectivity index (χ0) is 44.0. The summed E-state index contributed by atoms with van der Waals surface area (Å²) in [5.41, 5.74) is 0.578. The maximum Gasteiger partial charge on any atom is 0.333 e. The first-order valence-corrected chi connectivity index (χ1v) is 21.4. The molecule has 0 unspecified atom stereocenters. The van der Waals surface area contributed by atoms with E-state index in [1.807, 2.05) is 0 Å². The maximum atomic E-state index is 11.5. The zero-order valence-corrected chi connectivity index (χ0v) is 37.2. The minimum absolute atomic E-state index is 0.0191. The summed E-state index contributed by atoms with van der Waals surface area (Å²) in [5.74, 6) is -0.327. The van der Waals surface area contributed by atoms with Crippen LogP contribution in [0.1, 0.15) is 13.8 Å². The fraction of sp³-hybridized carbons (Fsp3) is 0.927. The van der Waals surface area contributed by atoms with Crippen molar-refractivity contribution in [2.75, 3.05) is 238 Å². The monoisotopic (exact) mass is 893 g/mol. The number of carbonyl (C=O) groups is 1. The van der Waals surface area contributed by atoms with Gasteiger partial charge in [-0.3, -0.25) is 0 Å². The minimum atomic E-state index is -0.327. The van der Waals surface area contributed by atoms with Crippen molar-refractivity contribution >= 4 is 5.97 Å². The van der Waals surface area contributed by atoms with Crippen LogP contribution in [0, 0.1) is 0 Å². The molecule has 0 aromatic rings. The number of esters is 1. The second kappa shape index (κ2) is 54.6. The van der Waals surface area contributed by atoms with Gasteiger partial charge in [0.2, 0.25) is 0 Å². The molecule has 0 heterocycles. The zero-order valence-electron chi connectivity index (χ0n) is 37.2. The lowest BCUT2D eigenvalue weighted by molar-refractivity contribution is -0.140. The van der Waals surface area contributed by atoms with E-state index in [0.29, 0.717) is 230 Å². The van der Waals surface area contributed by atoms with Crippen molar-refractivity contribution < 1.29 is 95.2 Å². The van der Waals surface area contributed by atoms with Gasteiger partial charge in [-0.05, 0) is 13.8 Å². The number of rotatable bonds is 54. The summed E-state index contributed by atoms with van der Waals surface area (Å²) in [5, 5.41) is 8.60. The highest BCUT2D eigenvalue weighted by atomic mass is 16.6. The molecule has 0 aliphatic heterocycles. The lowest BCUT2D eigenvalue weighted by atomic mass is 10.3. The predicted molar refractivity (Wildman–Crippen MR) is 221 cm³/mol. The standard InChI is InChI=1S/C41H80O20/c1-3-40(2)41(43)61-39-38-60-37-36-59-35-34-58-33-32-57-31-30-56-29-28-55-27-26-54-25-24-53-23-22-52-21-20-51-19-18-50-17-16-49-15-14-48-13-12-47-11-10-46-9-8-45-7-6-44-5-4-42/h3,42H,4-39H2,1-2H3. The van der Waals surface area contributed by atoms with Crippen LogP contribution in [0.2, 0.25) is 0 Å². The average Bonchev–Trinajstić information content (AvgIpc) is 3.27. The van der Waals surface area contributed by atoms with Crippen LogP contribution in [0.4, 0.5) is 0 Å². The molecule has 0 fully saturated rings. The van der Waals surface area contributed by atoms with Crippen LogP contribution in [0.5, 0.6) is 0 Å². The molecular weight excluding hydrogens is 812 g/mol. The highest BCUT2D eigenvalue weighted by molar-refractivity contribution is 5.87. The van der Waals surface area contributed by atoms with Crippen molar-refractivity contribution in [3.63, 3.8) is 0 Å². The Labute approximate surface area is 364 Å². The largest absolute Gasteiger partial charge is 0.460 e. The second-order valence-electron chi connectivity index (χ2n) is 12.2. The SMILES string of the molecule is CC=C(C)C(=O)OCCOCCOCCOCCOCCOCCOCCOCCOCCOCCOCCOCCOCCOCCOCCOCCOCCOCCO. The van der Waals surface area contributed by atoms with E-state index in [1.54, 1.807) is 19.9 Å². The summed E-state index contributed by atoms with van der Waals surface area (Å²) in [6.45, 7) is 19.9. The van der Waals surface area contributed by atoms with Gasteiger partial charge in [0.15, 0.2) is 0 Å². The smallest absolute Gasteiger partial charge is 0.333 e. The predicted octanol–water partition coefficient (Wildman–Crippen LogP) is 0.770. The van der Waals surface area contributed by atoms with E-state index >= 15 is 0 Å². The Morgan fingerprint density at radius 3 is 0.590 bits per heavy atom. The summed E-state index contributed by atoms with van der Waals surface area (Å²) >= 11 is 0. The topological polar surface area (TPSA) is 203 Å². The van der Waals surface area contributed by atoms with Crippen molar-refractivity contribution in [2.45, 2.75) is 13.8 Å². The van der Waals surface area contributed by atoms with E-state index in [0.717, 1.165) is 0 Å². The lowest BCUT2D eigenvalue weighted by Gasteiger charge is -2.09. The maximum absolute atomic E-state index is 11.5. The molecule has 0 spiro atoms. The summed E-state index contributed by atoms with van der Waals surface area (Å²) in [7, 11) is 0. The number of aliphatic hydroxyl groups is 1. The molecule has 0 saturated heterocycles. The van der Waals surface area contributed by atoms with Crippen molar-refractivity contribution in [1.29, 1.82) is 0 Å². The van der Waals surface area contributed by atoms with Crippen LogP contribution in [-0.4, -0.2) is 249 Å². The molecule has 0 saturated carbocycles. The van der Waals surface area contributed by atoms with E-state index in [4.69, 9.17) is 90.4 Å². The van der Waals surface area contributed by atoms with Gasteiger partial charge in [0.05, 0.1) is 231 Å². The van der Waals surface area contributed by atoms with Crippen molar-refractivity contribution in [1.82, 2.24) is 0 Å². The van der Waals surface area contributed by atoms with Crippen LogP contribution in [0.3, 0.4) is 0 Å². The van der Waals surface area contributed by atoms with Gasteiger partial charge in [0.1, 0.15) is 6.61 Å². The first kappa shape index (κ1) is 59.5. The van der Waals surface area contributed by atoms with Gasteiger partial charge in [-0.2, -0.15) is 0 Å². The van der Waals surface area contributed by atoms with Crippen LogP contribution >= 0.6 is 0 Å². The van der Waals surface area contributed by atoms with Crippen molar-refractivity contribution in [3.8, 4) is 0 Å². The Morgan fingerprint density at radius 2 is 0.443 bits per heavy atom. The molecular formula is C41H80O20. The summed E-state index contributed by atoms with van der Waals surface area (Å²) in [6, 6.07) is 0. The Kier molecular flexibility index (Phi) is 53.3. The van der Waals surface area contributed by atoms with E-state index < -0.39 is 0 Å². The van der Waals surface area contributed by atoms with E-state index in [1.165, 1.54) is 0 Å². The summed E-state index contributed by atoms with van der Waals surface area (Å²) in [4.78, 5) is 11.5. The van der Waals surface area contributed by atoms with Crippen molar-refractivity contribution in [3.05, 3.63) is 11.6 Å². The second-order valence-corrected chi connectivity index (χ2v) is 12.2. The van der Waals surface area contributed by atoms with Gasteiger partial charge in [0, 0.05) is 5.57 Å². The lowest BCUT2D eigenvalue weighted by Crippen LogP contribution is -2.16. The van der Waals surface area contributed by atoms with Gasteiger partial charge in [-0.25, -0.2) is 4.79 Å². The van der Waals surface area contributed by atoms with E-state index in [9.17, 15) is 4.79 Å². The molecule has 0 rings (SSSR count). The molecule has 0 amide bonds. The number of hydrogen-bond acceptors (Lipinski definition) is 20. The van der Waals surface area contributed by atoms with Crippen LogP contribution in [0.15, 0.2) is 11.6 Å². The fourth-order valence-electron chi connectivity index (χ4n) is 4.11. The van der Waals surface area contributed by atoms with Crippen LogP contribution in [-0.2, 0) is 90.1 Å². The third kappa shape index (κ3) is 52.7. The van der Waals surface area contributed by atoms with Crippen molar-refractivity contribution in [2.24, 2.45) is 0 Å². The number of ether oxygens (including phenoxy) is 18. The molecule has 20 nitrogen and oxygen atoms in total. The van der Waals surface area contributed by atoms with Gasteiger partial charge in [0.25, 0.3) is 0 Å². The third-order valence-electron chi connectivity index (χ3n) is 7.40. The number of hydrogen-bond donors (Lipinski definition) is 1. The number of allylic oxidation sites excluding steroid dienone is 1. The highest BCUT2D eigenvalue weighted by Crippen LogP contribution is 1.96. The molecule has 0 bridgehead atoms. The summed E-state index contributed by atoms with van der Waals surface area (Å²) in [6.07, 6.45) is 1.71. The Hall–Kier alpha value is -1.51. The molecule has 1 N–H and O–H groups in total. The molecule has 0 aromatic heterocycles. The third-order valence-corrected chi connectivity index (χ3v) is 7.40. The average molecular weight is 893 g/mol. The summed E-state index contributed by atoms with van der Waals surface area (Å²) < 4.78 is 97.4. The van der Waals surface area contributed by atoms with E-state index in [2.05, 4.69) is 0 Å². The molecule has 20 heteroatoms. The highest BCUT2D eigenvalue weighted by Gasteiger charge is 2.04. The molecule has 364 valence electrons. The van der Waals surface area contributed by atoms with Gasteiger partial charge in [-0.15, -0.1) is 0 Å². The molecule has 0 radical (unpaired) electrons. The van der Waals surface area contributed by atoms with E-state index in [-0.39, 0.29) is 19.2 Å². The Bertz CT molecular complexity index is 874. The molecule has 0 atom stereocenters. The quantitative estimate of drug-likeness (QED) is 0.0509. The molecule has 0 aliphatic carbocycles. The Balaban J connectivity index is 3.09. The van der Waals surface area contributed by atoms with Crippen LogP contribution < -0.4 is 0 Å². The molecule has 0 aromatic carbocycles. The first-order chi connectivity index (χ1) is 30.2. The molecule has 61 heavy (non-hydrogen) atoms. The van der Waals surface area contributed by atoms with Gasteiger partial charge >= 0.3 is 5.97 Å². The Morgan fingerprint density at radius 1 is 0.295 bits per heavy atom. The number of carbonyl (C=O) groups excluding carboxylic acids is 1. The van der Waals surface area contributed by atoms with Gasteiger partial charge < -0.3 is 90.4 Å².